The minimum absolute atomic E-state index is 0.414. The van der Waals surface area contributed by atoms with Gasteiger partial charge in [0.15, 0.2) is 0 Å². The summed E-state index contributed by atoms with van der Waals surface area (Å²) in [7, 11) is 0. The lowest BCUT2D eigenvalue weighted by atomic mass is 10.0. The number of aromatic nitrogens is 4. The predicted molar refractivity (Wildman–Crippen MR) is 149 cm³/mol. The number of fused-ring (bicyclic) bond motifs is 2. The van der Waals surface area contributed by atoms with Gasteiger partial charge in [-0.1, -0.05) is 30.3 Å². The highest BCUT2D eigenvalue weighted by molar-refractivity contribution is 5.91. The van der Waals surface area contributed by atoms with Crippen molar-refractivity contribution in [3.8, 4) is 5.75 Å². The smallest absolute Gasteiger partial charge is 0.254 e. The average Bonchev–Trinajstić information content (AvgIpc) is 3.64. The summed E-state index contributed by atoms with van der Waals surface area (Å²) in [5.41, 5.74) is 1.32. The van der Waals surface area contributed by atoms with Crippen molar-refractivity contribution >= 4 is 22.4 Å². The van der Waals surface area contributed by atoms with E-state index in [1.54, 1.807) is 6.33 Å². The van der Waals surface area contributed by atoms with Crippen LogP contribution in [-0.2, 0) is 11.3 Å². The van der Waals surface area contributed by atoms with Crippen molar-refractivity contribution in [2.24, 2.45) is 0 Å². The van der Waals surface area contributed by atoms with Gasteiger partial charge in [0.25, 0.3) is 5.78 Å². The summed E-state index contributed by atoms with van der Waals surface area (Å²) in [6.07, 6.45) is 7.81. The third-order valence-electron chi connectivity index (χ3n) is 7.76. The number of morpholine rings is 1. The van der Waals surface area contributed by atoms with E-state index < -0.39 is 0 Å². The molecular weight excluding hydrogens is 478 g/mol. The van der Waals surface area contributed by atoms with Gasteiger partial charge in [-0.15, -0.1) is 0 Å². The highest BCUT2D eigenvalue weighted by atomic mass is 16.5. The minimum atomic E-state index is 0.414. The zero-order chi connectivity index (χ0) is 25.6. The third kappa shape index (κ3) is 5.60. The lowest BCUT2D eigenvalue weighted by Gasteiger charge is -2.26. The molecule has 2 fully saturated rings. The normalized spacial score (nSPS) is 18.5. The van der Waals surface area contributed by atoms with E-state index in [1.807, 2.05) is 16.8 Å². The molecule has 2 aliphatic heterocycles. The Morgan fingerprint density at radius 1 is 1.00 bits per heavy atom. The van der Waals surface area contributed by atoms with E-state index in [2.05, 4.69) is 66.6 Å². The van der Waals surface area contributed by atoms with Gasteiger partial charge in [-0.3, -0.25) is 4.90 Å². The van der Waals surface area contributed by atoms with Gasteiger partial charge >= 0.3 is 0 Å². The van der Waals surface area contributed by atoms with E-state index in [0.29, 0.717) is 18.4 Å². The molecule has 9 nitrogen and oxygen atoms in total. The topological polar surface area (TPSA) is 80.0 Å². The molecule has 2 aromatic heterocycles. The second kappa shape index (κ2) is 12.1. The number of anilines is 1. The van der Waals surface area contributed by atoms with Gasteiger partial charge in [0.1, 0.15) is 17.9 Å². The number of benzene rings is 2. The Kier molecular flexibility index (Phi) is 7.95. The Hall–Kier alpha value is -3.27. The molecule has 0 saturated carbocycles. The molecule has 2 aliphatic rings. The highest BCUT2D eigenvalue weighted by Crippen LogP contribution is 2.30. The van der Waals surface area contributed by atoms with Crippen LogP contribution in [0.2, 0.25) is 0 Å². The third-order valence-corrected chi connectivity index (χ3v) is 7.76. The molecule has 6 rings (SSSR count). The van der Waals surface area contributed by atoms with Crippen LogP contribution in [0, 0.1) is 0 Å². The van der Waals surface area contributed by atoms with E-state index in [4.69, 9.17) is 9.47 Å². The molecule has 0 amide bonds. The van der Waals surface area contributed by atoms with Gasteiger partial charge in [0.2, 0.25) is 0 Å². The number of ether oxygens (including phenoxy) is 2. The van der Waals surface area contributed by atoms with Gasteiger partial charge in [-0.05, 0) is 55.4 Å². The Morgan fingerprint density at radius 2 is 1.89 bits per heavy atom. The van der Waals surface area contributed by atoms with Crippen molar-refractivity contribution in [2.75, 3.05) is 57.4 Å². The van der Waals surface area contributed by atoms with Crippen molar-refractivity contribution in [1.29, 1.82) is 0 Å². The molecule has 38 heavy (non-hydrogen) atoms. The molecule has 1 N–H and O–H groups in total. The summed E-state index contributed by atoms with van der Waals surface area (Å²) >= 11 is 0. The van der Waals surface area contributed by atoms with Crippen LogP contribution in [0.25, 0.3) is 16.6 Å². The molecule has 2 saturated heterocycles. The first-order valence-electron chi connectivity index (χ1n) is 13.9. The summed E-state index contributed by atoms with van der Waals surface area (Å²) in [4.78, 5) is 13.5. The van der Waals surface area contributed by atoms with Crippen molar-refractivity contribution in [1.82, 2.24) is 29.8 Å². The monoisotopic (exact) mass is 515 g/mol. The first kappa shape index (κ1) is 25.0. The van der Waals surface area contributed by atoms with Crippen LogP contribution in [0.3, 0.4) is 0 Å². The molecule has 200 valence electrons. The van der Waals surface area contributed by atoms with Gasteiger partial charge in [0, 0.05) is 50.2 Å². The van der Waals surface area contributed by atoms with Crippen LogP contribution in [0.1, 0.15) is 31.2 Å². The number of rotatable bonds is 11. The molecule has 0 radical (unpaired) electrons. The average molecular weight is 516 g/mol. The highest BCUT2D eigenvalue weighted by Gasteiger charge is 2.27. The SMILES string of the molecule is c1ccc2c(OCCC3CCCN3c3ccnc4ncnn34)ccc(CNCCCN3CCOCC3)c2c1. The Labute approximate surface area is 223 Å². The van der Waals surface area contributed by atoms with E-state index in [0.717, 1.165) is 83.3 Å². The van der Waals surface area contributed by atoms with Crippen LogP contribution >= 0.6 is 0 Å². The summed E-state index contributed by atoms with van der Waals surface area (Å²) < 4.78 is 13.7. The van der Waals surface area contributed by atoms with E-state index >= 15 is 0 Å². The maximum absolute atomic E-state index is 6.39. The van der Waals surface area contributed by atoms with Crippen molar-refractivity contribution in [3.63, 3.8) is 0 Å². The fourth-order valence-electron chi connectivity index (χ4n) is 5.78. The summed E-state index contributed by atoms with van der Waals surface area (Å²) in [6, 6.07) is 15.4. The van der Waals surface area contributed by atoms with Gasteiger partial charge in [-0.2, -0.15) is 14.6 Å². The zero-order valence-electron chi connectivity index (χ0n) is 22.0. The number of nitrogens with zero attached hydrogens (tertiary/aromatic N) is 6. The van der Waals surface area contributed by atoms with E-state index in [-0.39, 0.29) is 0 Å². The second-order valence-corrected chi connectivity index (χ2v) is 10.2. The predicted octanol–water partition coefficient (Wildman–Crippen LogP) is 3.53. The lowest BCUT2D eigenvalue weighted by Crippen LogP contribution is -2.37. The maximum atomic E-state index is 6.39. The molecule has 0 spiro atoms. The van der Waals surface area contributed by atoms with Crippen LogP contribution in [-0.4, -0.2) is 83.1 Å². The Balaban J connectivity index is 1.04. The summed E-state index contributed by atoms with van der Waals surface area (Å²) in [5.74, 6) is 2.66. The first-order chi connectivity index (χ1) is 18.9. The molecule has 0 aliphatic carbocycles. The van der Waals surface area contributed by atoms with E-state index in [1.165, 1.54) is 22.8 Å². The number of nitrogens with one attached hydrogen (secondary N) is 1. The second-order valence-electron chi connectivity index (χ2n) is 10.2. The lowest BCUT2D eigenvalue weighted by molar-refractivity contribution is 0.0374. The fraction of sp³-hybridized carbons (Fsp3) is 0.483. The standard InChI is InChI=1S/C29H37N7O2/c1-2-7-26-25(6-1)23(21-30-12-4-14-34-16-19-37-20-17-34)8-9-27(26)38-18-11-24-5-3-15-35(24)28-10-13-31-29-32-22-33-36(28)29/h1-2,6-10,13,22,24,30H,3-5,11-12,14-21H2. The zero-order valence-corrected chi connectivity index (χ0v) is 22.0. The molecule has 1 atom stereocenters. The Morgan fingerprint density at radius 3 is 2.82 bits per heavy atom. The summed E-state index contributed by atoms with van der Waals surface area (Å²) in [6.45, 7) is 8.54. The van der Waals surface area contributed by atoms with Gasteiger partial charge < -0.3 is 19.7 Å². The van der Waals surface area contributed by atoms with Crippen LogP contribution in [0.4, 0.5) is 5.82 Å². The van der Waals surface area contributed by atoms with Gasteiger partial charge in [-0.25, -0.2) is 4.98 Å². The van der Waals surface area contributed by atoms with Crippen molar-refractivity contribution in [2.45, 2.75) is 38.3 Å². The van der Waals surface area contributed by atoms with Gasteiger partial charge in [0.05, 0.1) is 19.8 Å². The van der Waals surface area contributed by atoms with Crippen LogP contribution < -0.4 is 15.0 Å². The Bertz CT molecular complexity index is 1340. The van der Waals surface area contributed by atoms with Crippen molar-refractivity contribution in [3.05, 3.63) is 60.6 Å². The molecule has 4 heterocycles. The molecule has 1 unspecified atom stereocenters. The maximum Gasteiger partial charge on any atom is 0.254 e. The molecule has 0 bridgehead atoms. The minimum Gasteiger partial charge on any atom is -0.493 e. The summed E-state index contributed by atoms with van der Waals surface area (Å²) in [5, 5.41) is 10.5. The number of hydrogen-bond donors (Lipinski definition) is 1. The van der Waals surface area contributed by atoms with E-state index in [9.17, 15) is 0 Å². The molecule has 4 aromatic rings. The fourth-order valence-corrected chi connectivity index (χ4v) is 5.78. The molecule has 9 heteroatoms. The number of hydrogen-bond acceptors (Lipinski definition) is 8. The molecule has 2 aromatic carbocycles. The first-order valence-corrected chi connectivity index (χ1v) is 13.9. The quantitative estimate of drug-likeness (QED) is 0.304. The largest absolute Gasteiger partial charge is 0.493 e. The van der Waals surface area contributed by atoms with Crippen molar-refractivity contribution < 1.29 is 9.47 Å². The van der Waals surface area contributed by atoms with Crippen LogP contribution in [0.5, 0.6) is 5.75 Å². The van der Waals surface area contributed by atoms with Crippen LogP contribution in [0.15, 0.2) is 55.0 Å². The molecular formula is C29H37N7O2.